The Morgan fingerprint density at radius 2 is 1.96 bits per heavy atom. The highest BCUT2D eigenvalue weighted by Gasteiger charge is 2.15. The highest BCUT2D eigenvalue weighted by atomic mass is 35.5. The van der Waals surface area contributed by atoms with E-state index in [-0.39, 0.29) is 17.5 Å². The first kappa shape index (κ1) is 18.3. The van der Waals surface area contributed by atoms with Gasteiger partial charge in [-0.1, -0.05) is 41.0 Å². The lowest BCUT2D eigenvalue weighted by Gasteiger charge is -2.06. The van der Waals surface area contributed by atoms with Crippen molar-refractivity contribution in [1.82, 2.24) is 15.5 Å². The summed E-state index contributed by atoms with van der Waals surface area (Å²) in [5.41, 5.74) is 1.46. The van der Waals surface area contributed by atoms with Gasteiger partial charge >= 0.3 is 0 Å². The molecule has 4 aromatic rings. The lowest BCUT2D eigenvalue weighted by molar-refractivity contribution is 0.0955. The zero-order chi connectivity index (χ0) is 19.5. The van der Waals surface area contributed by atoms with Crippen molar-refractivity contribution in [3.8, 4) is 22.2 Å². The zero-order valence-corrected chi connectivity index (χ0v) is 15.9. The van der Waals surface area contributed by atoms with Crippen molar-refractivity contribution >= 4 is 28.8 Å². The Morgan fingerprint density at radius 1 is 1.14 bits per heavy atom. The average molecular weight is 414 g/mol. The Hall–Kier alpha value is -3.03. The van der Waals surface area contributed by atoms with Crippen molar-refractivity contribution in [2.75, 3.05) is 0 Å². The van der Waals surface area contributed by atoms with Crippen LogP contribution in [0.2, 0.25) is 5.02 Å². The third kappa shape index (κ3) is 3.95. The van der Waals surface area contributed by atoms with Crippen molar-refractivity contribution in [1.29, 1.82) is 0 Å². The predicted molar refractivity (Wildman–Crippen MR) is 106 cm³/mol. The number of nitrogens with zero attached hydrogens (tertiary/aromatic N) is 2. The minimum absolute atomic E-state index is 0.200. The number of carbonyl (C=O) groups excluding carboxylic acids is 1. The van der Waals surface area contributed by atoms with Crippen molar-refractivity contribution in [3.05, 3.63) is 81.9 Å². The van der Waals surface area contributed by atoms with Gasteiger partial charge in [-0.05, 0) is 42.0 Å². The molecule has 0 unspecified atom stereocenters. The summed E-state index contributed by atoms with van der Waals surface area (Å²) in [5, 5.41) is 7.03. The molecule has 0 bridgehead atoms. The van der Waals surface area contributed by atoms with Gasteiger partial charge in [0.25, 0.3) is 11.8 Å². The van der Waals surface area contributed by atoms with E-state index in [0.29, 0.717) is 22.2 Å². The van der Waals surface area contributed by atoms with Gasteiger partial charge in [0, 0.05) is 17.1 Å². The fraction of sp³-hybridized carbons (Fsp3) is 0.0500. The Bertz CT molecular complexity index is 1130. The number of nitrogens with one attached hydrogen (secondary N) is 1. The lowest BCUT2D eigenvalue weighted by Crippen LogP contribution is -2.21. The molecule has 4 rings (SSSR count). The maximum atomic E-state index is 13.1. The van der Waals surface area contributed by atoms with Gasteiger partial charge in [-0.3, -0.25) is 4.79 Å². The summed E-state index contributed by atoms with van der Waals surface area (Å²) in [4.78, 5) is 18.0. The van der Waals surface area contributed by atoms with E-state index < -0.39 is 5.82 Å². The Morgan fingerprint density at radius 3 is 2.75 bits per heavy atom. The van der Waals surface area contributed by atoms with E-state index in [0.717, 1.165) is 10.4 Å². The van der Waals surface area contributed by atoms with E-state index in [1.165, 1.54) is 23.5 Å². The van der Waals surface area contributed by atoms with Crippen LogP contribution in [0.4, 0.5) is 4.39 Å². The molecule has 0 fully saturated rings. The van der Waals surface area contributed by atoms with Crippen LogP contribution in [0, 0.1) is 5.82 Å². The maximum Gasteiger partial charge on any atom is 0.261 e. The maximum absolute atomic E-state index is 13.1. The van der Waals surface area contributed by atoms with Crippen molar-refractivity contribution in [2.24, 2.45) is 0 Å². The molecule has 5 nitrogen and oxygen atoms in total. The molecule has 2 heterocycles. The minimum Gasteiger partial charge on any atom is -0.347 e. The Kier molecular flexibility index (Phi) is 5.18. The monoisotopic (exact) mass is 413 g/mol. The third-order valence-electron chi connectivity index (χ3n) is 3.95. The second kappa shape index (κ2) is 7.92. The number of aromatic nitrogens is 2. The number of rotatable bonds is 5. The molecule has 28 heavy (non-hydrogen) atoms. The number of halogens is 2. The van der Waals surface area contributed by atoms with Crippen LogP contribution in [0.3, 0.4) is 0 Å². The summed E-state index contributed by atoms with van der Waals surface area (Å²) in [6.45, 7) is 0.200. The smallest absolute Gasteiger partial charge is 0.261 e. The van der Waals surface area contributed by atoms with Gasteiger partial charge in [0.05, 0.1) is 9.75 Å². The van der Waals surface area contributed by atoms with Crippen molar-refractivity contribution in [2.45, 2.75) is 6.54 Å². The summed E-state index contributed by atoms with van der Waals surface area (Å²) in [6, 6.07) is 17.0. The summed E-state index contributed by atoms with van der Waals surface area (Å²) in [6.07, 6.45) is 0. The number of amides is 1. The molecule has 0 aliphatic carbocycles. The molecule has 140 valence electrons. The van der Waals surface area contributed by atoms with E-state index >= 15 is 0 Å². The largest absolute Gasteiger partial charge is 0.347 e. The molecular weight excluding hydrogens is 401 g/mol. The molecule has 2 aromatic carbocycles. The minimum atomic E-state index is -0.419. The van der Waals surface area contributed by atoms with Crippen LogP contribution < -0.4 is 5.32 Å². The van der Waals surface area contributed by atoms with Crippen LogP contribution >= 0.6 is 22.9 Å². The zero-order valence-electron chi connectivity index (χ0n) is 14.4. The highest BCUT2D eigenvalue weighted by molar-refractivity contribution is 7.17. The van der Waals surface area contributed by atoms with Crippen molar-refractivity contribution < 1.29 is 13.7 Å². The standard InChI is InChI=1S/C20H13ClFN3O2S/c21-15-10-14(22)7-6-13(15)11-23-19(26)17-9-8-16(28-17)18-24-20(27-25-18)12-4-2-1-3-5-12/h1-10H,11H2,(H,23,26). The highest BCUT2D eigenvalue weighted by Crippen LogP contribution is 2.28. The van der Waals surface area contributed by atoms with E-state index in [1.807, 2.05) is 30.3 Å². The molecule has 0 saturated heterocycles. The summed E-state index contributed by atoms with van der Waals surface area (Å²) < 4.78 is 18.4. The van der Waals surface area contributed by atoms with Crippen LogP contribution in [0.15, 0.2) is 65.2 Å². The summed E-state index contributed by atoms with van der Waals surface area (Å²) in [7, 11) is 0. The number of hydrogen-bond acceptors (Lipinski definition) is 5. The fourth-order valence-electron chi connectivity index (χ4n) is 2.53. The lowest BCUT2D eigenvalue weighted by atomic mass is 10.2. The summed E-state index contributed by atoms with van der Waals surface area (Å²) >= 11 is 7.23. The van der Waals surface area contributed by atoms with E-state index in [2.05, 4.69) is 15.5 Å². The molecule has 2 aromatic heterocycles. The number of benzene rings is 2. The van der Waals surface area contributed by atoms with Crippen molar-refractivity contribution in [3.63, 3.8) is 0 Å². The van der Waals surface area contributed by atoms with Crippen LogP contribution in [-0.2, 0) is 6.54 Å². The molecule has 0 atom stereocenters. The van der Waals surface area contributed by atoms with Gasteiger partial charge in [-0.2, -0.15) is 4.98 Å². The first-order chi connectivity index (χ1) is 13.6. The second-order valence-corrected chi connectivity index (χ2v) is 7.36. The van der Waals surface area contributed by atoms with Crippen LogP contribution in [0.1, 0.15) is 15.2 Å². The number of hydrogen-bond donors (Lipinski definition) is 1. The van der Waals surface area contributed by atoms with Gasteiger partial charge in [-0.15, -0.1) is 11.3 Å². The average Bonchev–Trinajstić information content (AvgIpc) is 3.37. The van der Waals surface area contributed by atoms with Gasteiger partial charge in [0.1, 0.15) is 5.82 Å². The quantitative estimate of drug-likeness (QED) is 0.489. The molecule has 8 heteroatoms. The van der Waals surface area contributed by atoms with E-state index in [9.17, 15) is 9.18 Å². The van der Waals surface area contributed by atoms with Gasteiger partial charge in [0.15, 0.2) is 0 Å². The molecule has 0 spiro atoms. The van der Waals surface area contributed by atoms with Crippen LogP contribution in [0.25, 0.3) is 22.2 Å². The first-order valence-corrected chi connectivity index (χ1v) is 9.51. The molecule has 0 radical (unpaired) electrons. The number of thiophene rings is 1. The predicted octanol–water partition coefficient (Wildman–Crippen LogP) is 5.19. The molecule has 0 aliphatic rings. The second-order valence-electron chi connectivity index (χ2n) is 5.87. The molecule has 0 aliphatic heterocycles. The van der Waals surface area contributed by atoms with Gasteiger partial charge < -0.3 is 9.84 Å². The number of carbonyl (C=O) groups is 1. The molecule has 0 saturated carbocycles. The van der Waals surface area contributed by atoms with Crippen LogP contribution in [-0.4, -0.2) is 16.0 Å². The summed E-state index contributed by atoms with van der Waals surface area (Å²) in [5.74, 6) is 0.159. The fourth-order valence-corrected chi connectivity index (χ4v) is 3.61. The Balaban J connectivity index is 1.45. The van der Waals surface area contributed by atoms with Gasteiger partial charge in [-0.25, -0.2) is 4.39 Å². The van der Waals surface area contributed by atoms with E-state index in [4.69, 9.17) is 16.1 Å². The molecule has 1 amide bonds. The van der Waals surface area contributed by atoms with Gasteiger partial charge in [0.2, 0.25) is 5.82 Å². The third-order valence-corrected chi connectivity index (χ3v) is 5.38. The molecule has 1 N–H and O–H groups in total. The SMILES string of the molecule is O=C(NCc1ccc(F)cc1Cl)c1ccc(-c2noc(-c3ccccc3)n2)s1. The topological polar surface area (TPSA) is 68.0 Å². The Labute approximate surface area is 168 Å². The molecular formula is C20H13ClFN3O2S. The van der Waals surface area contributed by atoms with E-state index in [1.54, 1.807) is 18.2 Å². The first-order valence-electron chi connectivity index (χ1n) is 8.31. The normalized spacial score (nSPS) is 10.8. The van der Waals surface area contributed by atoms with Crippen LogP contribution in [0.5, 0.6) is 0 Å².